The summed E-state index contributed by atoms with van der Waals surface area (Å²) >= 11 is 34.4. The number of esters is 1. The van der Waals surface area contributed by atoms with Gasteiger partial charge in [-0.25, -0.2) is 4.79 Å². The van der Waals surface area contributed by atoms with Crippen molar-refractivity contribution < 1.29 is 28.6 Å². The third kappa shape index (κ3) is 8.89. The van der Waals surface area contributed by atoms with E-state index in [9.17, 15) is 24.3 Å². The Labute approximate surface area is 349 Å². The van der Waals surface area contributed by atoms with Crippen molar-refractivity contribution >= 4 is 166 Å². The zero-order chi connectivity index (χ0) is 35.4. The highest BCUT2D eigenvalue weighted by atomic mass is 127. The number of aromatic hydroxyl groups is 1. The number of fused-ring (bicyclic) bond motifs is 2. The molecule has 1 heterocycles. The maximum atomic E-state index is 13.8. The predicted molar refractivity (Wildman–Crippen MR) is 222 cm³/mol. The summed E-state index contributed by atoms with van der Waals surface area (Å²) in [5.41, 5.74) is 0.844. The van der Waals surface area contributed by atoms with Crippen LogP contribution in [0.25, 0.3) is 33.4 Å². The number of benzene rings is 3. The second-order valence-electron chi connectivity index (χ2n) is 10.4. The van der Waals surface area contributed by atoms with Crippen LogP contribution in [0, 0.1) is 14.3 Å². The zero-order valence-corrected chi connectivity index (χ0v) is 36.4. The van der Waals surface area contributed by atoms with Crippen LogP contribution < -0.4 is 16.1 Å². The molecule has 2 aromatic carbocycles. The van der Waals surface area contributed by atoms with Crippen molar-refractivity contribution in [2.45, 2.75) is 39.0 Å². The number of unbranched alkanes of at least 4 members (excludes halogenated alkanes) is 2. The molecule has 1 aliphatic heterocycles. The van der Waals surface area contributed by atoms with E-state index < -0.39 is 5.97 Å². The smallest absolute Gasteiger partial charge is 0.340 e. The van der Waals surface area contributed by atoms with Crippen molar-refractivity contribution in [3.8, 4) is 28.2 Å². The summed E-state index contributed by atoms with van der Waals surface area (Å²) in [4.78, 5) is 49.8. The summed E-state index contributed by atoms with van der Waals surface area (Å²) in [6.45, 7) is 2.41. The maximum Gasteiger partial charge on any atom is 0.340 e. The molecule has 0 spiro atoms. The molecule has 0 atom stereocenters. The number of carbonyl (C=O) groups excluding carboxylic acids is 3. The number of phenolic OH excluding ortho intramolecular Hbond substituents is 1. The third-order valence-corrected chi connectivity index (χ3v) is 12.5. The summed E-state index contributed by atoms with van der Waals surface area (Å²) < 4.78 is 13.5. The van der Waals surface area contributed by atoms with Crippen molar-refractivity contribution in [3.05, 3.63) is 62.3 Å². The Balaban J connectivity index is 1.67. The Hall–Kier alpha value is -0.580. The molecule has 256 valence electrons. The van der Waals surface area contributed by atoms with E-state index in [4.69, 9.17) is 55.6 Å². The van der Waals surface area contributed by atoms with Gasteiger partial charge in [0.25, 0.3) is 0 Å². The van der Waals surface area contributed by atoms with Crippen LogP contribution in [0.3, 0.4) is 0 Å². The van der Waals surface area contributed by atoms with E-state index in [0.717, 1.165) is 0 Å². The van der Waals surface area contributed by atoms with Gasteiger partial charge in [0, 0.05) is 48.5 Å². The number of ether oxygens (including phenoxy) is 1. The minimum atomic E-state index is -0.803. The van der Waals surface area contributed by atoms with Crippen LogP contribution in [0.4, 0.5) is 0 Å². The van der Waals surface area contributed by atoms with E-state index in [1.54, 1.807) is 12.1 Å². The largest absolute Gasteiger partial charge is 0.506 e. The van der Waals surface area contributed by atoms with Gasteiger partial charge in [0.2, 0.25) is 17.2 Å². The first-order valence-corrected chi connectivity index (χ1v) is 20.0. The summed E-state index contributed by atoms with van der Waals surface area (Å²) in [6, 6.07) is 3.31. The van der Waals surface area contributed by atoms with Gasteiger partial charge in [-0.3, -0.25) is 14.4 Å². The predicted octanol–water partition coefficient (Wildman–Crippen LogP) is 9.66. The van der Waals surface area contributed by atoms with Gasteiger partial charge in [-0.05, 0) is 128 Å². The summed E-state index contributed by atoms with van der Waals surface area (Å²) in [6.07, 6.45) is 2.60. The van der Waals surface area contributed by atoms with Crippen molar-refractivity contribution in [2.75, 3.05) is 19.7 Å². The lowest BCUT2D eigenvalue weighted by molar-refractivity contribution is -0.121. The Morgan fingerprint density at radius 2 is 1.50 bits per heavy atom. The Morgan fingerprint density at radius 1 is 0.833 bits per heavy atom. The lowest BCUT2D eigenvalue weighted by atomic mass is 9.90. The van der Waals surface area contributed by atoms with E-state index in [-0.39, 0.29) is 75.7 Å². The molecule has 0 radical (unpaired) electrons. The molecule has 9 nitrogen and oxygen atoms in total. The van der Waals surface area contributed by atoms with Crippen LogP contribution in [0.1, 0.15) is 49.4 Å². The Bertz CT molecular complexity index is 1970. The number of hydrogen-bond donors (Lipinski definition) is 3. The maximum absolute atomic E-state index is 13.8. The van der Waals surface area contributed by atoms with Gasteiger partial charge in [0.1, 0.15) is 9.32 Å². The molecular weight excluding hydrogens is 1160 g/mol. The third-order valence-electron chi connectivity index (χ3n) is 7.08. The van der Waals surface area contributed by atoms with Crippen LogP contribution in [-0.4, -0.2) is 42.6 Å². The number of amides is 2. The highest BCUT2D eigenvalue weighted by molar-refractivity contribution is 14.1. The molecule has 4 rings (SSSR count). The quantitative estimate of drug-likeness (QED) is 0.0321. The highest BCUT2D eigenvalue weighted by Gasteiger charge is 2.33. The SMILES string of the molecule is CC(=O)NCCCNC(=O)CCCCCOC(=O)c1c(Cl)c(Cl)c(Cl)c(Cl)c1-c1c2cc(I)c(=O)c(I)c-2oc2c(I)c(O)c(I)cc12. The van der Waals surface area contributed by atoms with E-state index in [0.29, 0.717) is 72.4 Å². The average molecular weight is 1190 g/mol. The highest BCUT2D eigenvalue weighted by Crippen LogP contribution is 2.52. The van der Waals surface area contributed by atoms with Crippen LogP contribution in [-0.2, 0) is 14.3 Å². The summed E-state index contributed by atoms with van der Waals surface area (Å²) in [7, 11) is 0. The van der Waals surface area contributed by atoms with Gasteiger partial charge < -0.3 is 24.9 Å². The molecule has 17 heteroatoms. The molecule has 2 aromatic rings. The molecule has 2 amide bonds. The fraction of sp³-hybridized carbons (Fsp3) is 0.290. The summed E-state index contributed by atoms with van der Waals surface area (Å²) in [5, 5.41) is 16.3. The Morgan fingerprint density at radius 3 is 2.19 bits per heavy atom. The average Bonchev–Trinajstić information content (AvgIpc) is 3.04. The van der Waals surface area contributed by atoms with Gasteiger partial charge in [-0.15, -0.1) is 0 Å². The normalized spacial score (nSPS) is 11.3. The summed E-state index contributed by atoms with van der Waals surface area (Å²) in [5.74, 6) is -0.816. The number of carbonyl (C=O) groups is 3. The van der Waals surface area contributed by atoms with Gasteiger partial charge in [-0.1, -0.05) is 46.4 Å². The van der Waals surface area contributed by atoms with Gasteiger partial charge in [0.15, 0.2) is 11.3 Å². The number of halogens is 8. The molecule has 2 aliphatic rings. The minimum Gasteiger partial charge on any atom is -0.506 e. The molecule has 0 saturated carbocycles. The lowest BCUT2D eigenvalue weighted by Gasteiger charge is -2.22. The van der Waals surface area contributed by atoms with Crippen molar-refractivity contribution in [1.29, 1.82) is 0 Å². The topological polar surface area (TPSA) is 135 Å². The number of rotatable bonds is 12. The van der Waals surface area contributed by atoms with Crippen LogP contribution in [0.5, 0.6) is 5.75 Å². The number of phenols is 1. The first kappa shape index (κ1) is 40.2. The van der Waals surface area contributed by atoms with Gasteiger partial charge in [0.05, 0.1) is 43.0 Å². The molecular formula is C31H24Cl4I4N2O7. The van der Waals surface area contributed by atoms with Gasteiger partial charge >= 0.3 is 5.97 Å². The van der Waals surface area contributed by atoms with Crippen molar-refractivity contribution in [3.63, 3.8) is 0 Å². The van der Waals surface area contributed by atoms with Crippen molar-refractivity contribution in [1.82, 2.24) is 10.6 Å². The van der Waals surface area contributed by atoms with Crippen LogP contribution in [0.2, 0.25) is 20.1 Å². The van der Waals surface area contributed by atoms with E-state index in [1.807, 2.05) is 90.4 Å². The molecule has 0 aromatic heterocycles. The fourth-order valence-corrected chi connectivity index (χ4v) is 9.39. The van der Waals surface area contributed by atoms with Crippen LogP contribution in [0.15, 0.2) is 21.3 Å². The van der Waals surface area contributed by atoms with Crippen molar-refractivity contribution in [2.24, 2.45) is 0 Å². The molecule has 1 aliphatic carbocycles. The first-order chi connectivity index (χ1) is 22.7. The minimum absolute atomic E-state index is 0.0158. The van der Waals surface area contributed by atoms with E-state index in [1.165, 1.54) is 6.92 Å². The number of hydrogen-bond acceptors (Lipinski definition) is 7. The van der Waals surface area contributed by atoms with Crippen LogP contribution >= 0.6 is 137 Å². The van der Waals surface area contributed by atoms with E-state index in [2.05, 4.69) is 10.6 Å². The van der Waals surface area contributed by atoms with Gasteiger partial charge in [-0.2, -0.15) is 0 Å². The molecule has 0 unspecified atom stereocenters. The second kappa shape index (κ2) is 17.8. The monoisotopic (exact) mass is 1180 g/mol. The fourth-order valence-electron chi connectivity index (χ4n) is 4.79. The lowest BCUT2D eigenvalue weighted by Crippen LogP contribution is -2.28. The first-order valence-electron chi connectivity index (χ1n) is 14.2. The second-order valence-corrected chi connectivity index (χ2v) is 16.4. The standard InChI is InChI=1S/C31H24Cl4I4N2O7/c1-12(42)40-7-5-8-41-17(43)6-3-2-4-9-47-31(46)20-19(21(32)23(34)24(35)22(20)33)18-13-10-15(36)27(44)25(38)29(13)48-30-14(18)11-16(37)28(45)26(30)39/h10-11,44H,2-9H2,1H3,(H,40,42)(H,41,43). The zero-order valence-electron chi connectivity index (χ0n) is 24.7. The molecule has 0 saturated heterocycles. The molecule has 3 N–H and O–H groups in total. The van der Waals surface area contributed by atoms with E-state index >= 15 is 0 Å². The molecule has 48 heavy (non-hydrogen) atoms. The Kier molecular flexibility index (Phi) is 14.9. The molecule has 0 bridgehead atoms. The molecule has 0 fully saturated rings. The number of nitrogens with one attached hydrogen (secondary N) is 2.